The summed E-state index contributed by atoms with van der Waals surface area (Å²) in [5, 5.41) is 3.53. The highest BCUT2D eigenvalue weighted by molar-refractivity contribution is 5.78. The first-order valence-electron chi connectivity index (χ1n) is 9.57. The number of carbonyl (C=O) groups is 1. The lowest BCUT2D eigenvalue weighted by Gasteiger charge is -2.35. The molecule has 1 N–H and O–H groups in total. The number of hydrogen-bond donors (Lipinski definition) is 1. The lowest BCUT2D eigenvalue weighted by Crippen LogP contribution is -2.49. The molecule has 1 amide bonds. The predicted octanol–water partition coefficient (Wildman–Crippen LogP) is 1.26. The van der Waals surface area contributed by atoms with Crippen molar-refractivity contribution in [2.24, 2.45) is 5.92 Å². The molecule has 1 saturated heterocycles. The van der Waals surface area contributed by atoms with Crippen LogP contribution in [0.4, 0.5) is 0 Å². The second-order valence-corrected chi connectivity index (χ2v) is 7.43. The number of ether oxygens (including phenoxy) is 1. The number of fused-ring (bicyclic) bond motifs is 1. The van der Waals surface area contributed by atoms with Gasteiger partial charge in [-0.15, -0.1) is 0 Å². The third-order valence-electron chi connectivity index (χ3n) is 4.89. The van der Waals surface area contributed by atoms with Crippen molar-refractivity contribution in [2.45, 2.75) is 32.9 Å². The number of hydrogen-bond acceptors (Lipinski definition) is 5. The maximum Gasteiger partial charge on any atom is 0.261 e. The van der Waals surface area contributed by atoms with Gasteiger partial charge in [0.25, 0.3) is 5.56 Å². The van der Waals surface area contributed by atoms with Crippen molar-refractivity contribution in [1.29, 1.82) is 0 Å². The molecule has 1 aromatic carbocycles. The predicted molar refractivity (Wildman–Crippen MR) is 105 cm³/mol. The van der Waals surface area contributed by atoms with Gasteiger partial charge < -0.3 is 10.1 Å². The normalized spacial score (nSPS) is 16.6. The van der Waals surface area contributed by atoms with E-state index in [1.54, 1.807) is 18.2 Å². The van der Waals surface area contributed by atoms with Crippen LogP contribution in [-0.2, 0) is 16.1 Å². The molecule has 0 bridgehead atoms. The molecule has 0 unspecified atom stereocenters. The van der Waals surface area contributed by atoms with Crippen LogP contribution in [0.5, 0.6) is 0 Å². The minimum absolute atomic E-state index is 0.0197. The smallest absolute Gasteiger partial charge is 0.261 e. The molecule has 1 aromatic heterocycles. The third-order valence-corrected chi connectivity index (χ3v) is 4.89. The Balaban J connectivity index is 1.62. The van der Waals surface area contributed by atoms with E-state index in [0.717, 1.165) is 32.7 Å². The van der Waals surface area contributed by atoms with Gasteiger partial charge in [-0.05, 0) is 24.5 Å². The van der Waals surface area contributed by atoms with E-state index in [-0.39, 0.29) is 24.1 Å². The summed E-state index contributed by atoms with van der Waals surface area (Å²) in [4.78, 5) is 31.6. The number of nitrogens with one attached hydrogen (secondary N) is 1. The number of benzene rings is 1. The zero-order valence-corrected chi connectivity index (χ0v) is 16.1. The van der Waals surface area contributed by atoms with Gasteiger partial charge in [0.2, 0.25) is 5.91 Å². The first-order chi connectivity index (χ1) is 13.0. The zero-order chi connectivity index (χ0) is 19.2. The SMILES string of the molecule is CC(C)C[C@H](CNC(=O)Cn1cnc2ccccc2c1=O)N1CCOCC1. The molecule has 2 aromatic rings. The summed E-state index contributed by atoms with van der Waals surface area (Å²) in [6.45, 7) is 8.19. The first-order valence-corrected chi connectivity index (χ1v) is 9.57. The van der Waals surface area contributed by atoms with Crippen molar-refractivity contribution in [3.05, 3.63) is 40.9 Å². The molecule has 1 atom stereocenters. The van der Waals surface area contributed by atoms with E-state index in [4.69, 9.17) is 4.74 Å². The zero-order valence-electron chi connectivity index (χ0n) is 16.1. The minimum Gasteiger partial charge on any atom is -0.379 e. The first kappa shape index (κ1) is 19.5. The second-order valence-electron chi connectivity index (χ2n) is 7.43. The molecule has 1 aliphatic heterocycles. The average molecular weight is 372 g/mol. The van der Waals surface area contributed by atoms with Crippen LogP contribution in [0.15, 0.2) is 35.4 Å². The molecule has 0 spiro atoms. The van der Waals surface area contributed by atoms with Crippen molar-refractivity contribution in [1.82, 2.24) is 19.8 Å². The van der Waals surface area contributed by atoms with Gasteiger partial charge in [-0.3, -0.25) is 19.1 Å². The van der Waals surface area contributed by atoms with Crippen LogP contribution in [0.2, 0.25) is 0 Å². The Bertz CT molecular complexity index is 827. The molecular weight excluding hydrogens is 344 g/mol. The highest BCUT2D eigenvalue weighted by atomic mass is 16.5. The molecule has 1 aliphatic rings. The van der Waals surface area contributed by atoms with Crippen LogP contribution in [-0.4, -0.2) is 59.2 Å². The number of rotatable bonds is 7. The van der Waals surface area contributed by atoms with Crippen LogP contribution < -0.4 is 10.9 Å². The van der Waals surface area contributed by atoms with Crippen molar-refractivity contribution < 1.29 is 9.53 Å². The second kappa shape index (κ2) is 9.10. The van der Waals surface area contributed by atoms with Crippen molar-refractivity contribution in [2.75, 3.05) is 32.8 Å². The Morgan fingerprint density at radius 3 is 2.74 bits per heavy atom. The maximum atomic E-state index is 12.5. The van der Waals surface area contributed by atoms with Crippen molar-refractivity contribution in [3.8, 4) is 0 Å². The lowest BCUT2D eigenvalue weighted by atomic mass is 10.0. The van der Waals surface area contributed by atoms with Gasteiger partial charge in [-0.1, -0.05) is 26.0 Å². The molecule has 7 heteroatoms. The van der Waals surface area contributed by atoms with Gasteiger partial charge in [0.1, 0.15) is 6.54 Å². The summed E-state index contributed by atoms with van der Waals surface area (Å²) in [7, 11) is 0. The fourth-order valence-electron chi connectivity index (χ4n) is 3.51. The fourth-order valence-corrected chi connectivity index (χ4v) is 3.51. The Morgan fingerprint density at radius 1 is 1.26 bits per heavy atom. The minimum atomic E-state index is -0.192. The van der Waals surface area contributed by atoms with E-state index in [1.165, 1.54) is 10.9 Å². The van der Waals surface area contributed by atoms with Gasteiger partial charge in [0, 0.05) is 25.7 Å². The number of aromatic nitrogens is 2. The molecule has 0 radical (unpaired) electrons. The molecule has 3 rings (SSSR count). The number of nitrogens with zero attached hydrogens (tertiary/aromatic N) is 3. The topological polar surface area (TPSA) is 76.5 Å². The number of morpholine rings is 1. The highest BCUT2D eigenvalue weighted by Crippen LogP contribution is 2.13. The summed E-state index contributed by atoms with van der Waals surface area (Å²) in [5.74, 6) is 0.373. The summed E-state index contributed by atoms with van der Waals surface area (Å²) in [6, 6.07) is 7.45. The summed E-state index contributed by atoms with van der Waals surface area (Å²) < 4.78 is 6.80. The van der Waals surface area contributed by atoms with Gasteiger partial charge >= 0.3 is 0 Å². The molecule has 2 heterocycles. The molecule has 7 nitrogen and oxygen atoms in total. The molecule has 1 fully saturated rings. The molecular formula is C20H28N4O3. The lowest BCUT2D eigenvalue weighted by molar-refractivity contribution is -0.122. The highest BCUT2D eigenvalue weighted by Gasteiger charge is 2.22. The van der Waals surface area contributed by atoms with E-state index in [1.807, 2.05) is 6.07 Å². The van der Waals surface area contributed by atoms with Crippen LogP contribution >= 0.6 is 0 Å². The molecule has 146 valence electrons. The van der Waals surface area contributed by atoms with Crippen LogP contribution in [0, 0.1) is 5.92 Å². The molecule has 0 saturated carbocycles. The largest absolute Gasteiger partial charge is 0.379 e. The van der Waals surface area contributed by atoms with E-state index in [0.29, 0.717) is 23.4 Å². The maximum absolute atomic E-state index is 12.5. The summed E-state index contributed by atoms with van der Waals surface area (Å²) in [5.41, 5.74) is 0.450. The quantitative estimate of drug-likeness (QED) is 0.792. The Hall–Kier alpha value is -2.25. The summed E-state index contributed by atoms with van der Waals surface area (Å²) >= 11 is 0. The van der Waals surface area contributed by atoms with Gasteiger partial charge in [-0.2, -0.15) is 0 Å². The van der Waals surface area contributed by atoms with Crippen LogP contribution in [0.3, 0.4) is 0 Å². The van der Waals surface area contributed by atoms with E-state index < -0.39 is 0 Å². The van der Waals surface area contributed by atoms with Crippen LogP contribution in [0.1, 0.15) is 20.3 Å². The third kappa shape index (κ3) is 5.14. The van der Waals surface area contributed by atoms with Gasteiger partial charge in [0.05, 0.1) is 30.4 Å². The number of carbonyl (C=O) groups excluding carboxylic acids is 1. The van der Waals surface area contributed by atoms with Crippen molar-refractivity contribution >= 4 is 16.8 Å². The summed E-state index contributed by atoms with van der Waals surface area (Å²) in [6.07, 6.45) is 2.45. The van der Waals surface area contributed by atoms with Crippen molar-refractivity contribution in [3.63, 3.8) is 0 Å². The Morgan fingerprint density at radius 2 is 2.00 bits per heavy atom. The van der Waals surface area contributed by atoms with Gasteiger partial charge in [-0.25, -0.2) is 4.98 Å². The van der Waals surface area contributed by atoms with Crippen LogP contribution in [0.25, 0.3) is 10.9 Å². The standard InChI is InChI=1S/C20H28N4O3/c1-15(2)11-16(23-7-9-27-10-8-23)12-21-19(25)13-24-14-22-18-6-4-3-5-17(18)20(24)26/h3-6,14-16H,7-13H2,1-2H3,(H,21,25)/t16-/m1/s1. The Labute approximate surface area is 159 Å². The molecule has 0 aliphatic carbocycles. The molecule has 27 heavy (non-hydrogen) atoms. The van der Waals surface area contributed by atoms with E-state index in [2.05, 4.69) is 29.0 Å². The van der Waals surface area contributed by atoms with E-state index in [9.17, 15) is 9.59 Å². The van der Waals surface area contributed by atoms with E-state index >= 15 is 0 Å². The number of amides is 1. The fraction of sp³-hybridized carbons (Fsp3) is 0.550. The number of para-hydroxylation sites is 1. The monoisotopic (exact) mass is 372 g/mol. The Kier molecular flexibility index (Phi) is 6.58. The van der Waals surface area contributed by atoms with Gasteiger partial charge in [0.15, 0.2) is 0 Å². The average Bonchev–Trinajstić information content (AvgIpc) is 2.68.